The number of Topliss-reactive ketones (excluding diaryl/α,β-unsaturated/α-hetero) is 1. The molecule has 0 radical (unpaired) electrons. The quantitative estimate of drug-likeness (QED) is 0.221. The second-order valence-electron chi connectivity index (χ2n) is 10.9. The van der Waals surface area contributed by atoms with Gasteiger partial charge in [0.05, 0.1) is 30.9 Å². The van der Waals surface area contributed by atoms with E-state index in [1.165, 1.54) is 18.1 Å². The fourth-order valence-corrected chi connectivity index (χ4v) is 4.80. The fraction of sp³-hybridized carbons (Fsp3) is 0.312. The number of carbonyl (C=O) groups excluding carboxylic acids is 2. The normalized spacial score (nSPS) is 16.8. The second kappa shape index (κ2) is 11.0. The third-order valence-corrected chi connectivity index (χ3v) is 7.01. The van der Waals surface area contributed by atoms with Crippen LogP contribution in [0.4, 0.5) is 11.4 Å². The monoisotopic (exact) mass is 544 g/mol. The summed E-state index contributed by atoms with van der Waals surface area (Å²) in [5.41, 5.74) is 2.79. The first-order valence-corrected chi connectivity index (χ1v) is 13.1. The number of phenols is 1. The van der Waals surface area contributed by atoms with Crippen LogP contribution in [-0.4, -0.2) is 49.7 Å². The fourth-order valence-electron chi connectivity index (χ4n) is 4.80. The van der Waals surface area contributed by atoms with Gasteiger partial charge in [-0.2, -0.15) is 0 Å². The predicted molar refractivity (Wildman–Crippen MR) is 157 cm³/mol. The van der Waals surface area contributed by atoms with Crippen molar-refractivity contribution in [2.24, 2.45) is 0 Å². The minimum absolute atomic E-state index is 0.0718. The molecule has 1 amide bonds. The van der Waals surface area contributed by atoms with Gasteiger partial charge < -0.3 is 24.6 Å². The average Bonchev–Trinajstić information content (AvgIpc) is 3.18. The molecule has 1 saturated heterocycles. The highest BCUT2D eigenvalue weighted by Gasteiger charge is 2.47. The van der Waals surface area contributed by atoms with Gasteiger partial charge in [-0.25, -0.2) is 0 Å². The number of hydrogen-bond acceptors (Lipinski definition) is 7. The van der Waals surface area contributed by atoms with Crippen LogP contribution in [0.5, 0.6) is 17.2 Å². The first-order chi connectivity index (χ1) is 18.9. The van der Waals surface area contributed by atoms with Crippen LogP contribution in [0.25, 0.3) is 5.76 Å². The predicted octanol–water partition coefficient (Wildman–Crippen LogP) is 5.79. The maximum atomic E-state index is 13.7. The summed E-state index contributed by atoms with van der Waals surface area (Å²) in [7, 11) is 5.30. The molecule has 1 unspecified atom stereocenters. The van der Waals surface area contributed by atoms with E-state index in [-0.39, 0.29) is 28.2 Å². The Morgan fingerprint density at radius 2 is 1.65 bits per heavy atom. The summed E-state index contributed by atoms with van der Waals surface area (Å²) in [6.07, 6.45) is 0. The van der Waals surface area contributed by atoms with Crippen molar-refractivity contribution >= 4 is 28.8 Å². The maximum Gasteiger partial charge on any atom is 0.300 e. The lowest BCUT2D eigenvalue weighted by molar-refractivity contribution is -0.132. The largest absolute Gasteiger partial charge is 0.507 e. The molecule has 3 aromatic carbocycles. The molecule has 0 spiro atoms. The van der Waals surface area contributed by atoms with Crippen molar-refractivity contribution in [3.05, 3.63) is 82.9 Å². The van der Waals surface area contributed by atoms with Crippen LogP contribution in [0.1, 0.15) is 50.4 Å². The number of rotatable bonds is 7. The Morgan fingerprint density at radius 1 is 0.975 bits per heavy atom. The highest BCUT2D eigenvalue weighted by Crippen LogP contribution is 2.45. The van der Waals surface area contributed by atoms with Crippen LogP contribution >= 0.6 is 0 Å². The summed E-state index contributed by atoms with van der Waals surface area (Å²) in [5, 5.41) is 22.1. The number of ketones is 1. The molecule has 8 nitrogen and oxygen atoms in total. The van der Waals surface area contributed by atoms with Crippen molar-refractivity contribution < 1.29 is 29.3 Å². The summed E-state index contributed by atoms with van der Waals surface area (Å²) in [6, 6.07) is 16.3. The zero-order chi connectivity index (χ0) is 29.4. The molecule has 40 heavy (non-hydrogen) atoms. The summed E-state index contributed by atoms with van der Waals surface area (Å²) >= 11 is 0. The molecule has 3 aromatic rings. The molecule has 2 N–H and O–H groups in total. The maximum absolute atomic E-state index is 13.7. The summed E-state index contributed by atoms with van der Waals surface area (Å²) in [4.78, 5) is 30.6. The minimum atomic E-state index is -0.993. The van der Waals surface area contributed by atoms with Crippen LogP contribution in [0, 0.1) is 0 Å². The number of aliphatic hydroxyl groups is 1. The van der Waals surface area contributed by atoms with E-state index in [9.17, 15) is 19.8 Å². The summed E-state index contributed by atoms with van der Waals surface area (Å²) in [5.74, 6) is -1.44. The Morgan fingerprint density at radius 3 is 2.23 bits per heavy atom. The van der Waals surface area contributed by atoms with Crippen LogP contribution in [0.2, 0.25) is 0 Å². The molecule has 4 rings (SSSR count). The van der Waals surface area contributed by atoms with Crippen molar-refractivity contribution in [2.45, 2.75) is 39.2 Å². The van der Waals surface area contributed by atoms with E-state index >= 15 is 0 Å². The second-order valence-corrected chi connectivity index (χ2v) is 10.9. The Kier molecular flexibility index (Phi) is 7.82. The summed E-state index contributed by atoms with van der Waals surface area (Å²) < 4.78 is 11.2. The van der Waals surface area contributed by atoms with E-state index in [1.54, 1.807) is 43.3 Å². The molecule has 0 aromatic heterocycles. The van der Waals surface area contributed by atoms with Gasteiger partial charge in [0, 0.05) is 25.5 Å². The van der Waals surface area contributed by atoms with Gasteiger partial charge in [-0.3, -0.25) is 14.5 Å². The number of aromatic hydroxyl groups is 1. The average molecular weight is 545 g/mol. The highest BCUT2D eigenvalue weighted by atomic mass is 16.5. The van der Waals surface area contributed by atoms with E-state index in [1.807, 2.05) is 58.0 Å². The first kappa shape index (κ1) is 28.5. The van der Waals surface area contributed by atoms with Crippen molar-refractivity contribution in [3.8, 4) is 17.2 Å². The number of nitrogens with zero attached hydrogens (tertiary/aromatic N) is 2. The van der Waals surface area contributed by atoms with Gasteiger partial charge in [-0.1, -0.05) is 32.9 Å². The smallest absolute Gasteiger partial charge is 0.300 e. The van der Waals surface area contributed by atoms with Gasteiger partial charge in [0.2, 0.25) is 0 Å². The zero-order valence-electron chi connectivity index (χ0n) is 24.0. The first-order valence-electron chi connectivity index (χ1n) is 13.1. The Balaban J connectivity index is 2.00. The van der Waals surface area contributed by atoms with Crippen LogP contribution in [0.15, 0.2) is 66.2 Å². The molecule has 1 atom stereocenters. The number of phenolic OH excluding ortho intramolecular Hbond substituents is 1. The van der Waals surface area contributed by atoms with Gasteiger partial charge in [0.15, 0.2) is 11.5 Å². The Bertz CT molecular complexity index is 1470. The van der Waals surface area contributed by atoms with Crippen molar-refractivity contribution in [2.75, 3.05) is 37.6 Å². The van der Waals surface area contributed by atoms with E-state index in [0.29, 0.717) is 29.2 Å². The standard InChI is InChI=1S/C32H36N2O6/c1-8-40-26-17-19(9-15-24(26)35)28-27(29(36)23-18-20(32(2,3)4)10-16-25(23)39-7)30(37)31(38)34(28)22-13-11-21(12-14-22)33(5)6/h9-18,28,35-36H,8H2,1-7H3/b29-27+. The molecular weight excluding hydrogens is 508 g/mol. The van der Waals surface area contributed by atoms with Crippen molar-refractivity contribution in [1.29, 1.82) is 0 Å². The zero-order valence-corrected chi connectivity index (χ0v) is 24.0. The molecule has 1 fully saturated rings. The number of anilines is 2. The van der Waals surface area contributed by atoms with Gasteiger partial charge in [0.25, 0.3) is 11.7 Å². The van der Waals surface area contributed by atoms with Gasteiger partial charge >= 0.3 is 0 Å². The number of carbonyl (C=O) groups is 2. The number of aliphatic hydroxyl groups excluding tert-OH is 1. The van der Waals surface area contributed by atoms with Crippen molar-refractivity contribution in [1.82, 2.24) is 0 Å². The van der Waals surface area contributed by atoms with Crippen LogP contribution in [0.3, 0.4) is 0 Å². The minimum Gasteiger partial charge on any atom is -0.507 e. The highest BCUT2D eigenvalue weighted by molar-refractivity contribution is 6.51. The molecule has 1 aliphatic heterocycles. The van der Waals surface area contributed by atoms with Gasteiger partial charge in [0.1, 0.15) is 11.5 Å². The topological polar surface area (TPSA) is 99.5 Å². The van der Waals surface area contributed by atoms with E-state index in [0.717, 1.165) is 11.3 Å². The molecule has 8 heteroatoms. The van der Waals surface area contributed by atoms with Gasteiger partial charge in [-0.05, 0) is 72.0 Å². The molecule has 0 bridgehead atoms. The lowest BCUT2D eigenvalue weighted by Crippen LogP contribution is -2.29. The molecule has 210 valence electrons. The lowest BCUT2D eigenvalue weighted by atomic mass is 9.85. The van der Waals surface area contributed by atoms with Crippen LogP contribution in [-0.2, 0) is 15.0 Å². The number of ether oxygens (including phenoxy) is 2. The summed E-state index contributed by atoms with van der Waals surface area (Å²) in [6.45, 7) is 8.22. The molecule has 0 aliphatic carbocycles. The van der Waals surface area contributed by atoms with Crippen LogP contribution < -0.4 is 19.3 Å². The number of methoxy groups -OCH3 is 1. The number of amides is 1. The molecule has 1 heterocycles. The van der Waals surface area contributed by atoms with E-state index < -0.39 is 17.7 Å². The molecule has 0 saturated carbocycles. The molecular formula is C32H36N2O6. The van der Waals surface area contributed by atoms with Gasteiger partial charge in [-0.15, -0.1) is 0 Å². The Hall–Kier alpha value is -4.46. The van der Waals surface area contributed by atoms with Crippen molar-refractivity contribution in [3.63, 3.8) is 0 Å². The number of hydrogen-bond donors (Lipinski definition) is 2. The third kappa shape index (κ3) is 5.21. The molecule has 1 aliphatic rings. The van der Waals surface area contributed by atoms with E-state index in [4.69, 9.17) is 9.47 Å². The number of benzene rings is 3. The Labute approximate surface area is 235 Å². The SMILES string of the molecule is CCOc1cc(C2/C(=C(\O)c3cc(C(C)(C)C)ccc3OC)C(=O)C(=O)N2c2ccc(N(C)C)cc2)ccc1O. The lowest BCUT2D eigenvalue weighted by Gasteiger charge is -2.27. The van der Waals surface area contributed by atoms with E-state index in [2.05, 4.69) is 0 Å². The third-order valence-electron chi connectivity index (χ3n) is 7.01.